The lowest BCUT2D eigenvalue weighted by atomic mass is 10.1. The number of rotatable bonds is 4. The first-order chi connectivity index (χ1) is 11.6. The largest absolute Gasteiger partial charge is 0.323 e. The van der Waals surface area contributed by atoms with Crippen molar-refractivity contribution in [2.75, 3.05) is 5.32 Å². The van der Waals surface area contributed by atoms with Gasteiger partial charge in [-0.1, -0.05) is 75.5 Å². The molecule has 0 saturated heterocycles. The van der Waals surface area contributed by atoms with Crippen molar-refractivity contribution < 1.29 is 4.79 Å². The first-order valence-electron chi connectivity index (χ1n) is 7.05. The van der Waals surface area contributed by atoms with Gasteiger partial charge in [-0.25, -0.2) is 0 Å². The molecule has 2 N–H and O–H groups in total. The molecule has 2 aromatic carbocycles. The van der Waals surface area contributed by atoms with Crippen LogP contribution in [-0.4, -0.2) is 20.9 Å². The van der Waals surface area contributed by atoms with Crippen molar-refractivity contribution in [1.82, 2.24) is 10.2 Å². The van der Waals surface area contributed by atoms with Gasteiger partial charge in [-0.3, -0.25) is 9.89 Å². The minimum Gasteiger partial charge on any atom is -0.323 e. The Morgan fingerprint density at radius 3 is 2.46 bits per heavy atom. The lowest BCUT2D eigenvalue weighted by Crippen LogP contribution is -2.18. The summed E-state index contributed by atoms with van der Waals surface area (Å²) in [4.78, 5) is 10.6. The fourth-order valence-corrected chi connectivity index (χ4v) is 2.89. The van der Waals surface area contributed by atoms with Gasteiger partial charge in [0.2, 0.25) is 0 Å². The van der Waals surface area contributed by atoms with Crippen LogP contribution in [0.2, 0.25) is 0 Å². The predicted octanol–water partition coefficient (Wildman–Crippen LogP) is 5.25. The van der Waals surface area contributed by atoms with Crippen molar-refractivity contribution in [2.24, 2.45) is 0 Å². The number of para-hydroxylation sites is 1. The summed E-state index contributed by atoms with van der Waals surface area (Å²) < 4.78 is 0.967. The van der Waals surface area contributed by atoms with E-state index < -0.39 is 10.7 Å². The molecule has 0 atom stereocenters. The number of alkyl halides is 2. The second-order valence-electron chi connectivity index (χ2n) is 4.98. The second-order valence-corrected chi connectivity index (χ2v) is 6.93. The Hall–Kier alpha value is -1.82. The number of hydrogen-bond acceptors (Lipinski definition) is 2. The highest BCUT2D eigenvalue weighted by Crippen LogP contribution is 2.32. The third-order valence-corrected chi connectivity index (χ3v) is 4.49. The lowest BCUT2D eigenvalue weighted by Gasteiger charge is -2.09. The highest BCUT2D eigenvalue weighted by molar-refractivity contribution is 9.10. The first kappa shape index (κ1) is 17.0. The molecule has 7 heteroatoms. The van der Waals surface area contributed by atoms with Crippen molar-refractivity contribution in [1.29, 1.82) is 0 Å². The van der Waals surface area contributed by atoms with E-state index in [1.807, 2.05) is 48.5 Å². The van der Waals surface area contributed by atoms with Crippen LogP contribution in [0, 0.1) is 0 Å². The summed E-state index contributed by atoms with van der Waals surface area (Å²) in [6.07, 6.45) is 0. The number of hydrogen-bond donors (Lipinski definition) is 2. The summed E-state index contributed by atoms with van der Waals surface area (Å²) >= 11 is 14.7. The van der Waals surface area contributed by atoms with E-state index in [0.29, 0.717) is 11.4 Å². The predicted molar refractivity (Wildman–Crippen MR) is 101 cm³/mol. The number of benzene rings is 2. The highest BCUT2D eigenvalue weighted by atomic mass is 79.9. The average Bonchev–Trinajstić information content (AvgIpc) is 3.05. The van der Waals surface area contributed by atoms with Crippen LogP contribution in [-0.2, 0) is 4.79 Å². The Morgan fingerprint density at radius 1 is 1.08 bits per heavy atom. The van der Waals surface area contributed by atoms with Gasteiger partial charge < -0.3 is 5.32 Å². The maximum atomic E-state index is 11.8. The molecule has 0 spiro atoms. The van der Waals surface area contributed by atoms with E-state index in [-0.39, 0.29) is 0 Å². The van der Waals surface area contributed by atoms with E-state index in [1.54, 1.807) is 6.07 Å². The van der Waals surface area contributed by atoms with Crippen molar-refractivity contribution in [2.45, 2.75) is 4.84 Å². The molecule has 3 rings (SSSR count). The second kappa shape index (κ2) is 7.38. The molecule has 0 aliphatic heterocycles. The van der Waals surface area contributed by atoms with E-state index in [0.717, 1.165) is 21.3 Å². The number of anilines is 1. The number of aromatic amines is 1. The summed E-state index contributed by atoms with van der Waals surface area (Å²) in [6, 6.07) is 17.1. The summed E-state index contributed by atoms with van der Waals surface area (Å²) in [5.41, 5.74) is 3.94. The van der Waals surface area contributed by atoms with Crippen molar-refractivity contribution in [3.63, 3.8) is 0 Å². The van der Waals surface area contributed by atoms with Gasteiger partial charge >= 0.3 is 0 Å². The van der Waals surface area contributed by atoms with E-state index >= 15 is 0 Å². The molecule has 0 fully saturated rings. The van der Waals surface area contributed by atoms with E-state index in [1.165, 1.54) is 0 Å². The number of nitrogens with one attached hydrogen (secondary N) is 2. The lowest BCUT2D eigenvalue weighted by molar-refractivity contribution is -0.114. The van der Waals surface area contributed by atoms with Gasteiger partial charge in [0.15, 0.2) is 4.84 Å². The van der Waals surface area contributed by atoms with Gasteiger partial charge in [-0.05, 0) is 18.2 Å². The summed E-state index contributed by atoms with van der Waals surface area (Å²) in [6.45, 7) is 0. The zero-order valence-corrected chi connectivity index (χ0v) is 15.4. The molecule has 0 radical (unpaired) electrons. The molecule has 0 aliphatic rings. The minimum atomic E-state index is -1.13. The maximum Gasteiger partial charge on any atom is 0.257 e. The van der Waals surface area contributed by atoms with Crippen LogP contribution in [0.1, 0.15) is 0 Å². The Labute approximate surface area is 157 Å². The number of aromatic nitrogens is 2. The standard InChI is InChI=1S/C17H12BrCl2N3O/c18-12-7-3-1-5-10(12)14-9-15(23-22-14)11-6-2-4-8-13(11)21-17(24)16(19)20/h1-9,16H,(H,21,24)(H,22,23). The van der Waals surface area contributed by atoms with Gasteiger partial charge in [0.1, 0.15) is 0 Å². The molecular formula is C17H12BrCl2N3O. The Bertz CT molecular complexity index is 880. The number of nitrogens with zero attached hydrogens (tertiary/aromatic N) is 1. The molecule has 1 amide bonds. The summed E-state index contributed by atoms with van der Waals surface area (Å²) in [5, 5.41) is 10.1. The molecule has 0 bridgehead atoms. The summed E-state index contributed by atoms with van der Waals surface area (Å²) in [5.74, 6) is -0.479. The normalized spacial score (nSPS) is 10.8. The number of carbonyl (C=O) groups is 1. The Kier molecular flexibility index (Phi) is 5.23. The molecule has 0 aliphatic carbocycles. The topological polar surface area (TPSA) is 57.8 Å². The van der Waals surface area contributed by atoms with Crippen molar-refractivity contribution >= 4 is 50.7 Å². The fourth-order valence-electron chi connectivity index (χ4n) is 2.28. The number of halogens is 3. The molecule has 0 saturated carbocycles. The number of amides is 1. The van der Waals surface area contributed by atoms with E-state index in [4.69, 9.17) is 23.2 Å². The summed E-state index contributed by atoms with van der Waals surface area (Å²) in [7, 11) is 0. The Balaban J connectivity index is 1.96. The van der Waals surface area contributed by atoms with Crippen LogP contribution in [0.4, 0.5) is 5.69 Å². The van der Waals surface area contributed by atoms with Gasteiger partial charge in [0.25, 0.3) is 5.91 Å². The quantitative estimate of drug-likeness (QED) is 0.562. The maximum absolute atomic E-state index is 11.8. The first-order valence-corrected chi connectivity index (χ1v) is 8.71. The highest BCUT2D eigenvalue weighted by Gasteiger charge is 2.16. The smallest absolute Gasteiger partial charge is 0.257 e. The molecule has 4 nitrogen and oxygen atoms in total. The van der Waals surface area contributed by atoms with Crippen LogP contribution in [0.25, 0.3) is 22.5 Å². The minimum absolute atomic E-state index is 0.479. The van der Waals surface area contributed by atoms with Crippen LogP contribution in [0.3, 0.4) is 0 Å². The zero-order valence-electron chi connectivity index (χ0n) is 12.3. The van der Waals surface area contributed by atoms with Crippen molar-refractivity contribution in [3.8, 4) is 22.5 Å². The molecule has 3 aromatic rings. The van der Waals surface area contributed by atoms with Crippen LogP contribution >= 0.6 is 39.1 Å². The average molecular weight is 425 g/mol. The van der Waals surface area contributed by atoms with Crippen LogP contribution in [0.15, 0.2) is 59.1 Å². The van der Waals surface area contributed by atoms with Gasteiger partial charge in [-0.15, -0.1) is 0 Å². The van der Waals surface area contributed by atoms with Crippen LogP contribution < -0.4 is 5.32 Å². The molecule has 0 unspecified atom stereocenters. The zero-order chi connectivity index (χ0) is 17.1. The number of carbonyl (C=O) groups excluding carboxylic acids is 1. The third kappa shape index (κ3) is 3.64. The van der Waals surface area contributed by atoms with Crippen molar-refractivity contribution in [3.05, 3.63) is 59.1 Å². The molecule has 24 heavy (non-hydrogen) atoms. The van der Waals surface area contributed by atoms with Crippen LogP contribution in [0.5, 0.6) is 0 Å². The molecule has 1 aromatic heterocycles. The monoisotopic (exact) mass is 423 g/mol. The number of H-pyrrole nitrogens is 1. The van der Waals surface area contributed by atoms with Gasteiger partial charge in [-0.2, -0.15) is 5.10 Å². The fraction of sp³-hybridized carbons (Fsp3) is 0.0588. The van der Waals surface area contributed by atoms with E-state index in [2.05, 4.69) is 31.4 Å². The molecule has 122 valence electrons. The molecule has 1 heterocycles. The van der Waals surface area contributed by atoms with E-state index in [9.17, 15) is 4.79 Å². The molecular weight excluding hydrogens is 413 g/mol. The van der Waals surface area contributed by atoms with Gasteiger partial charge in [0, 0.05) is 15.6 Å². The Morgan fingerprint density at radius 2 is 1.75 bits per heavy atom. The van der Waals surface area contributed by atoms with Gasteiger partial charge in [0.05, 0.1) is 17.1 Å². The third-order valence-electron chi connectivity index (χ3n) is 3.40. The SMILES string of the molecule is O=C(Nc1ccccc1-c1cc(-c2ccccc2Br)[nH]n1)C(Cl)Cl.